The second-order valence-electron chi connectivity index (χ2n) is 6.93. The lowest BCUT2D eigenvalue weighted by atomic mass is 10.1. The van der Waals surface area contributed by atoms with E-state index >= 15 is 0 Å². The van der Waals surface area contributed by atoms with Crippen LogP contribution in [0.5, 0.6) is 0 Å². The third kappa shape index (κ3) is 4.11. The Labute approximate surface area is 171 Å². The van der Waals surface area contributed by atoms with Gasteiger partial charge in [-0.2, -0.15) is 0 Å². The first-order valence-corrected chi connectivity index (χ1v) is 9.33. The van der Waals surface area contributed by atoms with Crippen molar-refractivity contribution in [1.82, 2.24) is 29.7 Å². The van der Waals surface area contributed by atoms with E-state index in [1.807, 2.05) is 35.8 Å². The van der Waals surface area contributed by atoms with Crippen molar-refractivity contribution < 1.29 is 0 Å². The number of rotatable bonds is 3. The molecule has 0 amide bonds. The molecule has 2 aliphatic heterocycles. The van der Waals surface area contributed by atoms with Gasteiger partial charge >= 0.3 is 0 Å². The maximum Gasteiger partial charge on any atom is 0.194 e. The molecule has 142 valence electrons. The number of aliphatic imine (C=N–C) groups is 1. The molecular weight excluding hydrogens is 441 g/mol. The average molecular weight is 469 g/mol. The zero-order valence-electron chi connectivity index (χ0n) is 15.3. The van der Waals surface area contributed by atoms with Crippen LogP contribution in [0.4, 0.5) is 0 Å². The van der Waals surface area contributed by atoms with Gasteiger partial charge in [0, 0.05) is 32.4 Å². The number of pyridine rings is 1. The summed E-state index contributed by atoms with van der Waals surface area (Å²) in [5, 5.41) is 12.0. The number of nitrogens with one attached hydrogen (secondary N) is 1. The van der Waals surface area contributed by atoms with Crippen molar-refractivity contribution in [2.45, 2.75) is 38.3 Å². The van der Waals surface area contributed by atoms with Gasteiger partial charge in [0.05, 0.1) is 6.54 Å². The van der Waals surface area contributed by atoms with Gasteiger partial charge in [0.2, 0.25) is 0 Å². The molecule has 2 saturated heterocycles. The standard InChI is InChI=1S/C18H27N7.HI/c1-19-18(20-13-17-22-21-16-7-3-6-11-25(16)17)24-12-8-15(14-24)23-9-4-2-5-10-23;/h3,6-7,11,15H,2,4-5,8-10,12-14H2,1H3,(H,19,20);1H. The Bertz CT molecular complexity index is 738. The van der Waals surface area contributed by atoms with Crippen LogP contribution >= 0.6 is 24.0 Å². The lowest BCUT2D eigenvalue weighted by Crippen LogP contribution is -2.44. The van der Waals surface area contributed by atoms with E-state index in [1.165, 1.54) is 38.8 Å². The van der Waals surface area contributed by atoms with Gasteiger partial charge in [0.15, 0.2) is 17.4 Å². The van der Waals surface area contributed by atoms with Crippen LogP contribution in [0.2, 0.25) is 0 Å². The van der Waals surface area contributed by atoms with Crippen molar-refractivity contribution in [3.05, 3.63) is 30.2 Å². The first-order valence-electron chi connectivity index (χ1n) is 9.33. The second kappa shape index (κ2) is 8.98. The Morgan fingerprint density at radius 3 is 2.85 bits per heavy atom. The second-order valence-corrected chi connectivity index (χ2v) is 6.93. The topological polar surface area (TPSA) is 61.1 Å². The minimum Gasteiger partial charge on any atom is -0.349 e. The molecule has 4 heterocycles. The molecule has 4 rings (SSSR count). The van der Waals surface area contributed by atoms with Crippen molar-refractivity contribution >= 4 is 35.6 Å². The predicted octanol–water partition coefficient (Wildman–Crippen LogP) is 1.98. The molecule has 2 aliphatic rings. The Hall–Kier alpha value is -1.42. The van der Waals surface area contributed by atoms with E-state index in [0.717, 1.165) is 30.5 Å². The first kappa shape index (κ1) is 19.3. The van der Waals surface area contributed by atoms with E-state index in [9.17, 15) is 0 Å². The Kier molecular flexibility index (Phi) is 6.68. The minimum atomic E-state index is 0. The zero-order valence-corrected chi connectivity index (χ0v) is 17.7. The van der Waals surface area contributed by atoms with Crippen molar-refractivity contribution in [2.24, 2.45) is 4.99 Å². The van der Waals surface area contributed by atoms with Gasteiger partial charge in [0.25, 0.3) is 0 Å². The van der Waals surface area contributed by atoms with Crippen LogP contribution in [-0.4, -0.2) is 69.6 Å². The third-order valence-electron chi connectivity index (χ3n) is 5.37. The van der Waals surface area contributed by atoms with Gasteiger partial charge < -0.3 is 10.2 Å². The normalized spacial score (nSPS) is 21.8. The molecule has 1 N–H and O–H groups in total. The molecule has 2 aromatic rings. The van der Waals surface area contributed by atoms with Crippen LogP contribution < -0.4 is 5.32 Å². The molecule has 2 fully saturated rings. The maximum absolute atomic E-state index is 4.48. The van der Waals surface area contributed by atoms with Crippen molar-refractivity contribution in [3.8, 4) is 0 Å². The van der Waals surface area contributed by atoms with Crippen LogP contribution in [0.25, 0.3) is 5.65 Å². The van der Waals surface area contributed by atoms with Crippen LogP contribution in [0, 0.1) is 0 Å². The van der Waals surface area contributed by atoms with Crippen LogP contribution in [0.15, 0.2) is 29.4 Å². The van der Waals surface area contributed by atoms with E-state index in [1.54, 1.807) is 0 Å². The smallest absolute Gasteiger partial charge is 0.194 e. The SMILES string of the molecule is CN=C(NCc1nnc2ccccn12)N1CCC(N2CCCCC2)C1.I. The number of aromatic nitrogens is 3. The summed E-state index contributed by atoms with van der Waals surface area (Å²) in [6.45, 7) is 5.29. The van der Waals surface area contributed by atoms with Crippen LogP contribution in [0.3, 0.4) is 0 Å². The monoisotopic (exact) mass is 469 g/mol. The molecule has 7 nitrogen and oxygen atoms in total. The maximum atomic E-state index is 4.48. The van der Waals surface area contributed by atoms with Crippen molar-refractivity contribution in [1.29, 1.82) is 0 Å². The number of nitrogens with zero attached hydrogens (tertiary/aromatic N) is 6. The van der Waals surface area contributed by atoms with Gasteiger partial charge in [-0.05, 0) is 44.5 Å². The fourth-order valence-electron chi connectivity index (χ4n) is 4.02. The summed E-state index contributed by atoms with van der Waals surface area (Å²) in [6.07, 6.45) is 7.32. The van der Waals surface area contributed by atoms with Crippen LogP contribution in [0.1, 0.15) is 31.5 Å². The summed E-state index contributed by atoms with van der Waals surface area (Å²) < 4.78 is 2.01. The summed E-state index contributed by atoms with van der Waals surface area (Å²) in [6, 6.07) is 6.62. The Morgan fingerprint density at radius 1 is 1.19 bits per heavy atom. The highest BCUT2D eigenvalue weighted by atomic mass is 127. The number of hydrogen-bond donors (Lipinski definition) is 1. The molecular formula is C18H28IN7. The third-order valence-corrected chi connectivity index (χ3v) is 5.37. The summed E-state index contributed by atoms with van der Waals surface area (Å²) in [5.74, 6) is 1.87. The van der Waals surface area contributed by atoms with Gasteiger partial charge in [-0.3, -0.25) is 14.3 Å². The van der Waals surface area contributed by atoms with Gasteiger partial charge in [-0.15, -0.1) is 34.2 Å². The van der Waals surface area contributed by atoms with Gasteiger partial charge in [-0.1, -0.05) is 12.5 Å². The lowest BCUT2D eigenvalue weighted by Gasteiger charge is -2.32. The highest BCUT2D eigenvalue weighted by molar-refractivity contribution is 14.0. The number of halogens is 1. The molecule has 8 heteroatoms. The average Bonchev–Trinajstić information content (AvgIpc) is 3.31. The van der Waals surface area contributed by atoms with E-state index in [2.05, 4.69) is 30.3 Å². The van der Waals surface area contributed by atoms with Crippen LogP contribution in [-0.2, 0) is 6.54 Å². The number of likely N-dealkylation sites (tertiary alicyclic amines) is 2. The summed E-state index contributed by atoms with van der Waals surface area (Å²) in [5.41, 5.74) is 0.876. The highest BCUT2D eigenvalue weighted by Gasteiger charge is 2.30. The van der Waals surface area contributed by atoms with E-state index in [0.29, 0.717) is 12.6 Å². The van der Waals surface area contributed by atoms with E-state index < -0.39 is 0 Å². The van der Waals surface area contributed by atoms with Crippen molar-refractivity contribution in [3.63, 3.8) is 0 Å². The Balaban J connectivity index is 0.00000196. The zero-order chi connectivity index (χ0) is 17.1. The molecule has 0 bridgehead atoms. The number of hydrogen-bond acceptors (Lipinski definition) is 4. The molecule has 0 spiro atoms. The van der Waals surface area contributed by atoms with Gasteiger partial charge in [-0.25, -0.2) is 0 Å². The largest absolute Gasteiger partial charge is 0.349 e. The van der Waals surface area contributed by atoms with E-state index in [4.69, 9.17) is 0 Å². The quantitative estimate of drug-likeness (QED) is 0.424. The summed E-state index contributed by atoms with van der Waals surface area (Å²) >= 11 is 0. The molecule has 0 aliphatic carbocycles. The lowest BCUT2D eigenvalue weighted by molar-refractivity contribution is 0.168. The fraction of sp³-hybridized carbons (Fsp3) is 0.611. The summed E-state index contributed by atoms with van der Waals surface area (Å²) in [4.78, 5) is 9.53. The minimum absolute atomic E-state index is 0. The molecule has 0 radical (unpaired) electrons. The molecule has 26 heavy (non-hydrogen) atoms. The molecule has 0 aromatic carbocycles. The number of guanidine groups is 1. The predicted molar refractivity (Wildman–Crippen MR) is 114 cm³/mol. The summed E-state index contributed by atoms with van der Waals surface area (Å²) in [7, 11) is 1.86. The van der Waals surface area contributed by atoms with E-state index in [-0.39, 0.29) is 24.0 Å². The highest BCUT2D eigenvalue weighted by Crippen LogP contribution is 2.20. The van der Waals surface area contributed by atoms with Gasteiger partial charge in [0.1, 0.15) is 0 Å². The first-order chi connectivity index (χ1) is 12.3. The van der Waals surface area contributed by atoms with Crippen molar-refractivity contribution in [2.75, 3.05) is 33.2 Å². The molecule has 1 unspecified atom stereocenters. The number of piperidine rings is 1. The molecule has 0 saturated carbocycles. The fourth-order valence-corrected chi connectivity index (χ4v) is 4.02. The molecule has 1 atom stereocenters. The number of fused-ring (bicyclic) bond motifs is 1. The molecule has 2 aromatic heterocycles. The Morgan fingerprint density at radius 2 is 2.04 bits per heavy atom.